The lowest BCUT2D eigenvalue weighted by Gasteiger charge is -2.19. The van der Waals surface area contributed by atoms with E-state index in [0.717, 1.165) is 16.7 Å². The maximum absolute atomic E-state index is 13.7. The fraction of sp³-hybridized carbons (Fsp3) is 0.192. The minimum Gasteiger partial charge on any atom is -0.475 e. The Balaban J connectivity index is 0.000000405. The zero-order chi connectivity index (χ0) is 26.9. The molecule has 0 saturated heterocycles. The molecule has 190 valence electrons. The third kappa shape index (κ3) is 5.20. The van der Waals surface area contributed by atoms with E-state index >= 15 is 0 Å². The molecule has 0 fully saturated rings. The Morgan fingerprint density at radius 1 is 1.08 bits per heavy atom. The van der Waals surface area contributed by atoms with E-state index in [1.54, 1.807) is 18.3 Å². The van der Waals surface area contributed by atoms with Crippen molar-refractivity contribution >= 4 is 22.8 Å². The summed E-state index contributed by atoms with van der Waals surface area (Å²) < 4.78 is 33.2. The molecule has 0 saturated carbocycles. The van der Waals surface area contributed by atoms with E-state index in [9.17, 15) is 22.8 Å². The lowest BCUT2D eigenvalue weighted by atomic mass is 10.0. The Morgan fingerprint density at radius 2 is 1.76 bits per heavy atom. The van der Waals surface area contributed by atoms with Crippen molar-refractivity contribution in [3.63, 3.8) is 0 Å². The summed E-state index contributed by atoms with van der Waals surface area (Å²) in [6, 6.07) is 16.7. The molecular weight excluding hydrogens is 489 g/mol. The Bertz CT molecular complexity index is 1570. The fourth-order valence-electron chi connectivity index (χ4n) is 4.18. The van der Waals surface area contributed by atoms with Crippen LogP contribution in [0.15, 0.2) is 65.6 Å². The van der Waals surface area contributed by atoms with Crippen LogP contribution in [0, 0.1) is 13.8 Å². The number of pyridine rings is 1. The maximum Gasteiger partial charge on any atom is 0.490 e. The van der Waals surface area contributed by atoms with Crippen molar-refractivity contribution in [1.82, 2.24) is 19.9 Å². The number of aryl methyl sites for hydroxylation is 2. The van der Waals surface area contributed by atoms with Crippen LogP contribution in [0.1, 0.15) is 38.9 Å². The van der Waals surface area contributed by atoms with Crippen LogP contribution in [-0.2, 0) is 11.2 Å². The number of aromatic nitrogens is 3. The van der Waals surface area contributed by atoms with E-state index in [1.807, 2.05) is 56.3 Å². The zero-order valence-electron chi connectivity index (χ0n) is 19.7. The minimum absolute atomic E-state index is 0.206. The Morgan fingerprint density at radius 3 is 2.41 bits per heavy atom. The minimum atomic E-state index is -5.08. The van der Waals surface area contributed by atoms with Gasteiger partial charge in [-0.25, -0.2) is 19.3 Å². The summed E-state index contributed by atoms with van der Waals surface area (Å²) in [5.41, 5.74) is 3.73. The van der Waals surface area contributed by atoms with Crippen molar-refractivity contribution in [2.75, 3.05) is 0 Å². The molecule has 2 aromatic heterocycles. The van der Waals surface area contributed by atoms with Gasteiger partial charge in [-0.3, -0.25) is 9.59 Å². The van der Waals surface area contributed by atoms with Crippen LogP contribution in [0.5, 0.6) is 0 Å². The van der Waals surface area contributed by atoms with Crippen molar-refractivity contribution in [3.8, 4) is 5.82 Å². The SMILES string of the molecule is Cc1cc(C)c2c(=O)n3c(nc2c1)C(Cc1ccccc1)NC(=O)c1cccnc1-3.O=C(O)C(F)(F)F. The lowest BCUT2D eigenvalue weighted by molar-refractivity contribution is -0.192. The number of halogens is 3. The van der Waals surface area contributed by atoms with Gasteiger partial charge in [-0.05, 0) is 55.2 Å². The summed E-state index contributed by atoms with van der Waals surface area (Å²) in [5, 5.41) is 10.7. The summed E-state index contributed by atoms with van der Waals surface area (Å²) in [7, 11) is 0. The third-order valence-corrected chi connectivity index (χ3v) is 5.73. The number of carboxylic acid groups (broad SMARTS) is 1. The first-order valence-corrected chi connectivity index (χ1v) is 11.1. The average molecular weight is 510 g/mol. The normalized spacial score (nSPS) is 14.5. The highest BCUT2D eigenvalue weighted by atomic mass is 19.4. The van der Waals surface area contributed by atoms with Gasteiger partial charge >= 0.3 is 12.1 Å². The molecule has 1 aliphatic rings. The van der Waals surface area contributed by atoms with Gasteiger partial charge in [-0.2, -0.15) is 13.2 Å². The number of carboxylic acids is 1. The smallest absolute Gasteiger partial charge is 0.475 e. The molecule has 0 spiro atoms. The standard InChI is InChI=1S/C24H20N4O2.C2HF3O2/c1-14-11-15(2)20-18(12-14)26-22-19(13-16-7-4-3-5-8-16)27-23(29)17-9-6-10-25-21(17)28(22)24(20)30;3-2(4,5)1(6)7/h3-12,19H,13H2,1-2H3,(H,27,29);(H,6,7). The van der Waals surface area contributed by atoms with Gasteiger partial charge in [0.05, 0.1) is 22.5 Å². The van der Waals surface area contributed by atoms with Crippen molar-refractivity contribution in [1.29, 1.82) is 0 Å². The predicted molar refractivity (Wildman–Crippen MR) is 129 cm³/mol. The van der Waals surface area contributed by atoms with E-state index in [0.29, 0.717) is 34.5 Å². The molecule has 1 aliphatic heterocycles. The second kappa shape index (κ2) is 9.84. The molecule has 0 aliphatic carbocycles. The fourth-order valence-corrected chi connectivity index (χ4v) is 4.18. The van der Waals surface area contributed by atoms with Gasteiger partial charge in [-0.1, -0.05) is 36.4 Å². The number of rotatable bonds is 2. The molecule has 8 nitrogen and oxygen atoms in total. The molecule has 11 heteroatoms. The van der Waals surface area contributed by atoms with Crippen LogP contribution in [0.25, 0.3) is 16.7 Å². The van der Waals surface area contributed by atoms with Crippen LogP contribution in [0.2, 0.25) is 0 Å². The van der Waals surface area contributed by atoms with E-state index in [1.165, 1.54) is 4.57 Å². The van der Waals surface area contributed by atoms with E-state index in [-0.39, 0.29) is 11.5 Å². The van der Waals surface area contributed by atoms with Gasteiger partial charge in [0.1, 0.15) is 5.82 Å². The van der Waals surface area contributed by atoms with Gasteiger partial charge in [-0.15, -0.1) is 0 Å². The third-order valence-electron chi connectivity index (χ3n) is 5.73. The maximum atomic E-state index is 13.7. The van der Waals surface area contributed by atoms with Crippen molar-refractivity contribution in [2.24, 2.45) is 0 Å². The molecule has 37 heavy (non-hydrogen) atoms. The summed E-state index contributed by atoms with van der Waals surface area (Å²) >= 11 is 0. The van der Waals surface area contributed by atoms with Crippen molar-refractivity contribution < 1.29 is 27.9 Å². The lowest BCUT2D eigenvalue weighted by Crippen LogP contribution is -2.32. The first kappa shape index (κ1) is 25.5. The van der Waals surface area contributed by atoms with Gasteiger partial charge in [0.15, 0.2) is 5.82 Å². The van der Waals surface area contributed by atoms with Crippen LogP contribution >= 0.6 is 0 Å². The average Bonchev–Trinajstić information content (AvgIpc) is 2.94. The molecule has 0 radical (unpaired) electrons. The van der Waals surface area contributed by atoms with Gasteiger partial charge in [0, 0.05) is 6.20 Å². The molecule has 0 bridgehead atoms. The number of nitrogens with one attached hydrogen (secondary N) is 1. The van der Waals surface area contributed by atoms with E-state index < -0.39 is 18.2 Å². The second-order valence-corrected chi connectivity index (χ2v) is 8.48. The van der Waals surface area contributed by atoms with Gasteiger partial charge < -0.3 is 10.4 Å². The molecule has 2 N–H and O–H groups in total. The Hall–Kier alpha value is -4.54. The first-order valence-electron chi connectivity index (χ1n) is 11.1. The molecule has 4 aromatic rings. The predicted octanol–water partition coefficient (Wildman–Crippen LogP) is 4.06. The summed E-state index contributed by atoms with van der Waals surface area (Å²) in [6.07, 6.45) is -2.98. The monoisotopic (exact) mass is 510 g/mol. The largest absolute Gasteiger partial charge is 0.490 e. The number of hydrogen-bond donors (Lipinski definition) is 2. The van der Waals surface area contributed by atoms with Crippen LogP contribution in [-0.4, -0.2) is 37.7 Å². The topological polar surface area (TPSA) is 114 Å². The van der Waals surface area contributed by atoms with Crippen molar-refractivity contribution in [3.05, 3.63) is 99.2 Å². The molecule has 1 atom stereocenters. The number of nitrogens with zero attached hydrogens (tertiary/aromatic N) is 3. The van der Waals surface area contributed by atoms with Crippen molar-refractivity contribution in [2.45, 2.75) is 32.5 Å². The Kier molecular flexibility index (Phi) is 6.80. The van der Waals surface area contributed by atoms with Crippen LogP contribution < -0.4 is 10.9 Å². The number of benzene rings is 2. The zero-order valence-corrected chi connectivity index (χ0v) is 19.7. The van der Waals surface area contributed by atoms with E-state index in [2.05, 4.69) is 10.3 Å². The van der Waals surface area contributed by atoms with Crippen LogP contribution in [0.3, 0.4) is 0 Å². The summed E-state index contributed by atoms with van der Waals surface area (Å²) in [5.74, 6) is -2.21. The number of carbonyl (C=O) groups is 2. The number of aliphatic carboxylic acids is 1. The number of fused-ring (bicyclic) bond motifs is 4. The molecule has 1 amide bonds. The Labute approximate surface area is 208 Å². The number of amides is 1. The molecule has 3 heterocycles. The van der Waals surface area contributed by atoms with E-state index in [4.69, 9.17) is 14.9 Å². The second-order valence-electron chi connectivity index (χ2n) is 8.48. The highest BCUT2D eigenvalue weighted by molar-refractivity contribution is 5.98. The quantitative estimate of drug-likeness (QED) is 0.421. The highest BCUT2D eigenvalue weighted by Gasteiger charge is 2.38. The molecular formula is C26H21F3N4O4. The van der Waals surface area contributed by atoms with Gasteiger partial charge in [0.25, 0.3) is 11.5 Å². The molecule has 1 unspecified atom stereocenters. The number of hydrogen-bond acceptors (Lipinski definition) is 5. The highest BCUT2D eigenvalue weighted by Crippen LogP contribution is 2.27. The van der Waals surface area contributed by atoms with Crippen LogP contribution in [0.4, 0.5) is 13.2 Å². The number of alkyl halides is 3. The van der Waals surface area contributed by atoms with Gasteiger partial charge in [0.2, 0.25) is 0 Å². The summed E-state index contributed by atoms with van der Waals surface area (Å²) in [6.45, 7) is 3.89. The molecule has 2 aromatic carbocycles. The summed E-state index contributed by atoms with van der Waals surface area (Å²) in [4.78, 5) is 44.8. The first-order chi connectivity index (χ1) is 17.5. The number of carbonyl (C=O) groups excluding carboxylic acids is 1. The molecule has 5 rings (SSSR count).